The van der Waals surface area contributed by atoms with Crippen LogP contribution in [-0.4, -0.2) is 96.9 Å². The number of unbranched alkanes of at least 4 members (excludes halogenated alkanes) is 10. The Morgan fingerprint density at radius 3 is 1.82 bits per heavy atom. The van der Waals surface area contributed by atoms with Gasteiger partial charge in [0.1, 0.15) is 30.7 Å². The third-order valence-electron chi connectivity index (χ3n) is 11.7. The second-order valence-corrected chi connectivity index (χ2v) is 21.6. The highest BCUT2D eigenvalue weighted by atomic mass is 31.3. The number of hydrogen-bond acceptors (Lipinski definition) is 16. The minimum atomic E-state index is -5.49. The fourth-order valence-electron chi connectivity index (χ4n) is 7.43. The average molecular weight is 1130 g/mol. The van der Waals surface area contributed by atoms with Crippen LogP contribution in [-0.2, 0) is 46.3 Å². The minimum Gasteiger partial charge on any atom is -0.462 e. The summed E-state index contributed by atoms with van der Waals surface area (Å²) in [6, 6.07) is 1.23. The van der Waals surface area contributed by atoms with Gasteiger partial charge in [-0.3, -0.25) is 23.2 Å². The zero-order valence-electron chi connectivity index (χ0n) is 45.8. The van der Waals surface area contributed by atoms with Gasteiger partial charge in [-0.05, 0) is 89.5 Å². The van der Waals surface area contributed by atoms with E-state index in [0.717, 1.165) is 94.2 Å². The van der Waals surface area contributed by atoms with Crippen LogP contribution in [0.4, 0.5) is 5.82 Å². The Kier molecular flexibility index (Phi) is 38.5. The van der Waals surface area contributed by atoms with Crippen LogP contribution < -0.4 is 11.4 Å². The largest absolute Gasteiger partial charge is 0.481 e. The van der Waals surface area contributed by atoms with Crippen molar-refractivity contribution in [2.75, 3.05) is 25.6 Å². The number of nitrogen functional groups attached to an aromatic ring is 1. The first-order valence-electron chi connectivity index (χ1n) is 27.5. The van der Waals surface area contributed by atoms with E-state index in [4.69, 9.17) is 29.0 Å². The number of ether oxygens (including phenoxy) is 3. The summed E-state index contributed by atoms with van der Waals surface area (Å²) < 4.78 is 56.7. The van der Waals surface area contributed by atoms with Gasteiger partial charge in [0, 0.05) is 19.0 Å². The predicted octanol–water partition coefficient (Wildman–Crippen LogP) is 11.1. The van der Waals surface area contributed by atoms with Gasteiger partial charge in [-0.2, -0.15) is 9.29 Å². The van der Waals surface area contributed by atoms with E-state index in [0.29, 0.717) is 12.8 Å². The van der Waals surface area contributed by atoms with Crippen molar-refractivity contribution in [3.05, 3.63) is 132 Å². The van der Waals surface area contributed by atoms with Crippen molar-refractivity contribution in [1.29, 1.82) is 0 Å². The summed E-state index contributed by atoms with van der Waals surface area (Å²) in [5, 5.41) is 31.4. The van der Waals surface area contributed by atoms with Crippen molar-refractivity contribution in [1.82, 2.24) is 9.55 Å². The van der Waals surface area contributed by atoms with Crippen molar-refractivity contribution in [3.8, 4) is 0 Å². The summed E-state index contributed by atoms with van der Waals surface area (Å²) in [5.41, 5.74) is 4.57. The van der Waals surface area contributed by atoms with E-state index in [-0.39, 0.29) is 25.1 Å². The molecular weight excluding hydrogens is 1040 g/mol. The fraction of sp³-hybridized carbons (Fsp3) is 0.579. The molecule has 0 radical (unpaired) electrons. The first kappa shape index (κ1) is 69.5. The summed E-state index contributed by atoms with van der Waals surface area (Å²) in [5.74, 6) is -1.62. The van der Waals surface area contributed by atoms with Crippen LogP contribution >= 0.6 is 15.6 Å². The van der Waals surface area contributed by atoms with Gasteiger partial charge in [0.15, 0.2) is 12.3 Å². The standard InChI is InChI=1S/C57H89N3O16P2/c1-3-5-7-9-11-13-15-17-19-21-22-23-24-26-28-30-32-34-36-38-40-53(63)74-49(45-71-52(62)42-41-48(61)39-37-35-33-31-29-27-25-20-18-16-14-12-10-8-6-4-2)46-72-77(67,68)76-78(69,70)73-47-50-54(64)55(65)56(75-50)60-44-43-51(58)59-57(60)66/h6,8,12-15,18-21,23-24,27,29,33,35,37,39,43-44,48-50,54-56,61,64-65H,3-5,7,9-11,16-17,22,25-26,28,30-32,34,36,38,40-42,45-47H2,1-2H3,(H,67,68)(H,69,70)(H2,58,59,66)/b8-6-,14-12-,15-13-,20-18-,21-19-,24-23-,29-27-,35-33-,39-37-/t48?,49-,50-,54-,55-,56-/m1/s1. The molecule has 0 spiro atoms. The molecule has 78 heavy (non-hydrogen) atoms. The van der Waals surface area contributed by atoms with Crippen LogP contribution in [0.5, 0.6) is 0 Å². The molecule has 0 amide bonds. The molecule has 1 aromatic heterocycles. The van der Waals surface area contributed by atoms with E-state index in [2.05, 4.69) is 102 Å². The van der Waals surface area contributed by atoms with Gasteiger partial charge in [0.25, 0.3) is 0 Å². The molecule has 0 aromatic carbocycles. The number of hydrogen-bond donors (Lipinski definition) is 6. The maximum absolute atomic E-state index is 12.9. The van der Waals surface area contributed by atoms with Crippen molar-refractivity contribution < 1.29 is 71.4 Å². The maximum Gasteiger partial charge on any atom is 0.481 e. The van der Waals surface area contributed by atoms with Crippen LogP contribution in [0.15, 0.2) is 126 Å². The van der Waals surface area contributed by atoms with E-state index in [9.17, 15) is 48.6 Å². The molecule has 1 fully saturated rings. The average Bonchev–Trinajstić information content (AvgIpc) is 3.71. The van der Waals surface area contributed by atoms with E-state index < -0.39 is 89.8 Å². The van der Waals surface area contributed by atoms with Gasteiger partial charge < -0.3 is 45.1 Å². The molecule has 3 unspecified atom stereocenters. The topological polar surface area (TPSA) is 286 Å². The molecule has 8 atom stereocenters. The molecule has 0 aliphatic carbocycles. The van der Waals surface area contributed by atoms with Crippen molar-refractivity contribution in [2.45, 2.75) is 192 Å². The Morgan fingerprint density at radius 2 is 1.23 bits per heavy atom. The highest BCUT2D eigenvalue weighted by molar-refractivity contribution is 7.61. The summed E-state index contributed by atoms with van der Waals surface area (Å²) in [4.78, 5) is 62.1. The normalized spacial score (nSPS) is 19.8. The minimum absolute atomic E-state index is 0.00197. The van der Waals surface area contributed by atoms with Gasteiger partial charge in [-0.25, -0.2) is 13.9 Å². The van der Waals surface area contributed by atoms with Gasteiger partial charge in [0.2, 0.25) is 0 Å². The zero-order valence-corrected chi connectivity index (χ0v) is 47.6. The molecule has 1 saturated heterocycles. The SMILES string of the molecule is CC/C=C\C/C=C\C/C=C\C/C=C\C/C=C\C=C/C(O)CCC(=O)OC[C@H](COP(=O)(O)OP(=O)(O)OC[C@H]1O[C@@H](n2ccc(N)nc2=O)[C@H](O)[C@@H]1O)OC(=O)CCCCCCCC/C=C\C/C=C\C/C=C\CCCCCC. The molecular formula is C57H89N3O16P2. The molecule has 1 aliphatic rings. The molecule has 2 rings (SSSR count). The molecule has 21 heteroatoms. The molecule has 2 heterocycles. The first-order valence-corrected chi connectivity index (χ1v) is 30.5. The van der Waals surface area contributed by atoms with E-state index in [1.54, 1.807) is 12.2 Å². The number of nitrogens with two attached hydrogens (primary N) is 1. The van der Waals surface area contributed by atoms with Gasteiger partial charge in [0.05, 0.1) is 19.3 Å². The van der Waals surface area contributed by atoms with Gasteiger partial charge >= 0.3 is 33.3 Å². The highest BCUT2D eigenvalue weighted by Crippen LogP contribution is 2.60. The quantitative estimate of drug-likeness (QED) is 0.0116. The Bertz CT molecular complexity index is 2260. The maximum atomic E-state index is 12.9. The fourth-order valence-corrected chi connectivity index (χ4v) is 9.54. The number of allylic oxidation sites excluding steroid dienone is 17. The number of esters is 2. The lowest BCUT2D eigenvalue weighted by Gasteiger charge is -2.21. The summed E-state index contributed by atoms with van der Waals surface area (Å²) in [7, 11) is -11.0. The van der Waals surface area contributed by atoms with Crippen molar-refractivity contribution in [3.63, 3.8) is 0 Å². The Hall–Kier alpha value is -4.62. The van der Waals surface area contributed by atoms with Crippen LogP contribution in [0.25, 0.3) is 0 Å². The molecule has 438 valence electrons. The van der Waals surface area contributed by atoms with Crippen molar-refractivity contribution in [2.24, 2.45) is 0 Å². The number of carbonyl (C=O) groups excluding carboxylic acids is 2. The number of phosphoric ester groups is 2. The number of anilines is 1. The number of phosphoric acid groups is 2. The number of aromatic nitrogens is 2. The van der Waals surface area contributed by atoms with Gasteiger partial charge in [-0.1, -0.05) is 168 Å². The number of aliphatic hydroxyl groups excluding tert-OH is 3. The third kappa shape index (κ3) is 35.1. The number of aliphatic hydroxyl groups is 3. The second-order valence-electron chi connectivity index (χ2n) is 18.5. The molecule has 1 aromatic rings. The Labute approximate surface area is 462 Å². The Morgan fingerprint density at radius 1 is 0.692 bits per heavy atom. The van der Waals surface area contributed by atoms with Crippen molar-refractivity contribution >= 4 is 33.4 Å². The first-order chi connectivity index (χ1) is 37.6. The molecule has 7 N–H and O–H groups in total. The van der Waals surface area contributed by atoms with E-state index >= 15 is 0 Å². The number of nitrogens with zero attached hydrogens (tertiary/aromatic N) is 2. The number of rotatable bonds is 44. The summed E-state index contributed by atoms with van der Waals surface area (Å²) in [6.45, 7) is 1.78. The van der Waals surface area contributed by atoms with Crippen LogP contribution in [0, 0.1) is 0 Å². The van der Waals surface area contributed by atoms with E-state index in [1.165, 1.54) is 37.8 Å². The second kappa shape index (κ2) is 43.2. The molecule has 19 nitrogen and oxygen atoms in total. The molecule has 1 aliphatic heterocycles. The lowest BCUT2D eigenvalue weighted by molar-refractivity contribution is -0.161. The summed E-state index contributed by atoms with van der Waals surface area (Å²) in [6.07, 6.45) is 47.6. The lowest BCUT2D eigenvalue weighted by atomic mass is 10.1. The van der Waals surface area contributed by atoms with E-state index in [1.807, 2.05) is 12.2 Å². The zero-order chi connectivity index (χ0) is 57.1. The monoisotopic (exact) mass is 1130 g/mol. The highest BCUT2D eigenvalue weighted by Gasteiger charge is 2.46. The van der Waals surface area contributed by atoms with Gasteiger partial charge in [-0.15, -0.1) is 0 Å². The van der Waals surface area contributed by atoms with Crippen LogP contribution in [0.2, 0.25) is 0 Å². The smallest absolute Gasteiger partial charge is 0.462 e. The van der Waals surface area contributed by atoms with Crippen LogP contribution in [0.3, 0.4) is 0 Å². The molecule has 0 bridgehead atoms. The lowest BCUT2D eigenvalue weighted by Crippen LogP contribution is -2.36. The predicted molar refractivity (Wildman–Crippen MR) is 304 cm³/mol. The van der Waals surface area contributed by atoms with Crippen LogP contribution in [0.1, 0.15) is 161 Å². The summed E-state index contributed by atoms with van der Waals surface area (Å²) >= 11 is 0. The Balaban J connectivity index is 1.85. The molecule has 0 saturated carbocycles. The number of carbonyl (C=O) groups is 2. The third-order valence-corrected chi connectivity index (χ3v) is 14.3.